The molecule has 86 heavy (non-hydrogen) atoms. The highest BCUT2D eigenvalue weighted by Gasteiger charge is 2.39. The number of benzene rings is 2. The van der Waals surface area contributed by atoms with Gasteiger partial charge in [0.15, 0.2) is 23.8 Å². The van der Waals surface area contributed by atoms with Crippen molar-refractivity contribution in [3.8, 4) is 0 Å². The van der Waals surface area contributed by atoms with Gasteiger partial charge >= 0.3 is 34.3 Å². The molecule has 3 atom stereocenters. The summed E-state index contributed by atoms with van der Waals surface area (Å²) in [4.78, 5) is 84.3. The van der Waals surface area contributed by atoms with Crippen LogP contribution >= 0.6 is 23.2 Å². The van der Waals surface area contributed by atoms with Crippen molar-refractivity contribution in [1.29, 1.82) is 0 Å². The maximum atomic E-state index is 14.2. The minimum absolute atomic E-state index is 0.00575. The van der Waals surface area contributed by atoms with Gasteiger partial charge in [-0.05, 0) is 118 Å². The molecule has 2 fully saturated rings. The van der Waals surface area contributed by atoms with E-state index < -0.39 is 75.4 Å². The highest BCUT2D eigenvalue weighted by Crippen LogP contribution is 2.34. The Kier molecular flexibility index (Phi) is 23.8. The summed E-state index contributed by atoms with van der Waals surface area (Å²) in [6.07, 6.45) is 2.35. The van der Waals surface area contributed by atoms with Crippen LogP contribution in [-0.2, 0) is 56.3 Å². The minimum Gasteiger partial charge on any atom is -0.464 e. The van der Waals surface area contributed by atoms with Gasteiger partial charge in [-0.25, -0.2) is 23.7 Å². The number of carbonyl (C=O) groups excluding carboxylic acids is 5. The molecule has 1 unspecified atom stereocenters. The fraction of sp³-hybridized carbons (Fsp3) is 0.552. The molecule has 2 aliphatic rings. The molecular weight excluding hydrogens is 1180 g/mol. The quantitative estimate of drug-likeness (QED) is 0.0319. The second kappa shape index (κ2) is 30.1. The molecule has 2 saturated heterocycles. The van der Waals surface area contributed by atoms with Gasteiger partial charge in [-0.2, -0.15) is 12.7 Å². The standard InChI is InChI=1S/C32H49ClN6O9S.C26H32ClN5O5/c1-9-45-29(41)26(30(46-10-2)47-11-3)35-27(40)25-23(19-21-15-12-13-17-24(21)33)28(39(36-25)49(43,44)37(7)8)38-18-14-16-22(20-38)34-31(42)48-32(4,5)6;1-5-36-24(34)20-15-32-21(23(33)29-20)18(13-16-9-6-7-11-19(16)27)22(30-32)31-12-8-10-17(14-31)28-25(35)37-26(2,3)4/h12-13,15,17,22,26,30H,9-11,14,16,18-20H2,1-8H3,(H,34,42)(H,35,40);6-7,9,11,15,17H,5,8,10,12-14H2,1-4H3,(H,28,35)(H,29,33)/t22-,26?;17-/m11/s1. The van der Waals surface area contributed by atoms with Crippen LogP contribution in [0.4, 0.5) is 21.2 Å². The molecule has 3 aromatic heterocycles. The number of fused-ring (bicyclic) bond motifs is 1. The maximum absolute atomic E-state index is 14.2. The first-order valence-corrected chi connectivity index (χ1v) is 30.8. The van der Waals surface area contributed by atoms with Crippen molar-refractivity contribution >= 4 is 80.6 Å². The summed E-state index contributed by atoms with van der Waals surface area (Å²) < 4.78 is 63.4. The first-order valence-electron chi connectivity index (χ1n) is 28.6. The van der Waals surface area contributed by atoms with Crippen molar-refractivity contribution in [2.45, 2.75) is 143 Å². The average molecular weight is 1260 g/mol. The summed E-state index contributed by atoms with van der Waals surface area (Å²) in [6.45, 7) is 19.8. The van der Waals surface area contributed by atoms with Crippen LogP contribution in [0.5, 0.6) is 0 Å². The lowest BCUT2D eigenvalue weighted by Gasteiger charge is -2.35. The minimum atomic E-state index is -4.31. The number of piperidine rings is 2. The predicted molar refractivity (Wildman–Crippen MR) is 325 cm³/mol. The zero-order valence-corrected chi connectivity index (χ0v) is 53.2. The molecule has 472 valence electrons. The topological polar surface area (TPSA) is 289 Å². The molecule has 3 amide bonds. The number of nitrogens with one attached hydrogen (secondary N) is 4. The highest BCUT2D eigenvalue weighted by atomic mass is 35.5. The van der Waals surface area contributed by atoms with Crippen LogP contribution in [0.3, 0.4) is 0 Å². The van der Waals surface area contributed by atoms with Gasteiger partial charge in [0.25, 0.3) is 11.5 Å². The van der Waals surface area contributed by atoms with Gasteiger partial charge in [-0.1, -0.05) is 59.6 Å². The summed E-state index contributed by atoms with van der Waals surface area (Å²) >= 11 is 13.0. The Balaban J connectivity index is 0.000000285. The van der Waals surface area contributed by atoms with Crippen LogP contribution in [0, 0.1) is 0 Å². The number of amides is 3. The van der Waals surface area contributed by atoms with E-state index in [0.717, 1.165) is 26.8 Å². The molecule has 5 heterocycles. The molecule has 0 aliphatic carbocycles. The van der Waals surface area contributed by atoms with Gasteiger partial charge in [0.1, 0.15) is 28.2 Å². The summed E-state index contributed by atoms with van der Waals surface area (Å²) in [5.41, 5.74) is 0.677. The number of halogens is 2. The van der Waals surface area contributed by atoms with Crippen LogP contribution < -0.4 is 31.3 Å². The van der Waals surface area contributed by atoms with Crippen LogP contribution in [0.1, 0.15) is 138 Å². The van der Waals surface area contributed by atoms with E-state index >= 15 is 0 Å². The zero-order valence-electron chi connectivity index (χ0n) is 50.9. The van der Waals surface area contributed by atoms with Crippen LogP contribution in [-0.4, -0.2) is 169 Å². The third kappa shape index (κ3) is 18.1. The van der Waals surface area contributed by atoms with E-state index in [-0.39, 0.29) is 68.2 Å². The van der Waals surface area contributed by atoms with Crippen LogP contribution in [0.25, 0.3) is 5.52 Å². The van der Waals surface area contributed by atoms with Crippen molar-refractivity contribution in [3.63, 3.8) is 0 Å². The Morgan fingerprint density at radius 3 is 1.74 bits per heavy atom. The molecule has 0 bridgehead atoms. The number of hydrogen-bond donors (Lipinski definition) is 4. The van der Waals surface area contributed by atoms with Crippen LogP contribution in [0.15, 0.2) is 59.5 Å². The predicted octanol–water partition coefficient (Wildman–Crippen LogP) is 7.27. The molecule has 5 aromatic rings. The lowest BCUT2D eigenvalue weighted by Crippen LogP contribution is -2.52. The lowest BCUT2D eigenvalue weighted by atomic mass is 10.0. The van der Waals surface area contributed by atoms with Crippen molar-refractivity contribution in [2.24, 2.45) is 0 Å². The molecule has 0 radical (unpaired) electrons. The summed E-state index contributed by atoms with van der Waals surface area (Å²) in [7, 11) is -1.61. The third-order valence-electron chi connectivity index (χ3n) is 13.3. The van der Waals surface area contributed by atoms with E-state index in [1.165, 1.54) is 24.8 Å². The summed E-state index contributed by atoms with van der Waals surface area (Å²) in [5.74, 6) is -1.58. The number of carbonyl (C=O) groups is 5. The average Bonchev–Trinajstić information content (AvgIpc) is 2.83. The summed E-state index contributed by atoms with van der Waals surface area (Å²) in [5, 5.41) is 18.6. The van der Waals surface area contributed by atoms with Crippen molar-refractivity contribution < 1.29 is 60.8 Å². The number of nitrogens with zero attached hydrogens (tertiary/aromatic N) is 7. The van der Waals surface area contributed by atoms with E-state index in [0.29, 0.717) is 71.4 Å². The van der Waals surface area contributed by atoms with E-state index in [1.807, 2.05) is 43.9 Å². The monoisotopic (exact) mass is 1260 g/mol. The SMILES string of the molecule is CCOC(=O)C(NC(=O)c1nn(S(=O)(=O)N(C)C)c(N2CCC[C@@H](NC(=O)OC(C)(C)C)C2)c1Cc1ccccc1Cl)C(OCC)OCC.CCOC(=O)c1cn2nc(N3CCC[C@@H](NC(=O)OC(C)(C)C)C3)c(Cc3ccccc3Cl)c2c(=O)[nH]1. The molecule has 2 aromatic carbocycles. The smallest absolute Gasteiger partial charge is 0.407 e. The molecule has 28 heteroatoms. The molecule has 0 spiro atoms. The molecule has 2 aliphatic heterocycles. The van der Waals surface area contributed by atoms with E-state index in [1.54, 1.807) is 83.7 Å². The van der Waals surface area contributed by atoms with Crippen molar-refractivity contribution in [2.75, 3.05) is 76.5 Å². The first kappa shape index (κ1) is 68.1. The van der Waals surface area contributed by atoms with Gasteiger partial charge in [0.05, 0.1) is 19.4 Å². The number of rotatable bonds is 21. The van der Waals surface area contributed by atoms with E-state index in [4.69, 9.17) is 56.7 Å². The van der Waals surface area contributed by atoms with Gasteiger partial charge in [-0.3, -0.25) is 9.59 Å². The van der Waals surface area contributed by atoms with Gasteiger partial charge < -0.3 is 59.2 Å². The number of anilines is 2. The zero-order chi connectivity index (χ0) is 63.3. The Morgan fingerprint density at radius 2 is 1.24 bits per heavy atom. The Morgan fingerprint density at radius 1 is 0.733 bits per heavy atom. The largest absolute Gasteiger partial charge is 0.464 e. The number of ether oxygens (including phenoxy) is 6. The molecule has 0 saturated carbocycles. The van der Waals surface area contributed by atoms with Crippen LogP contribution in [0.2, 0.25) is 10.0 Å². The highest BCUT2D eigenvalue weighted by molar-refractivity contribution is 7.87. The number of esters is 2. The summed E-state index contributed by atoms with van der Waals surface area (Å²) in [6, 6.07) is 12.4. The molecular formula is C58H81Cl2N11O14S. The van der Waals surface area contributed by atoms with Gasteiger partial charge in [-0.15, -0.1) is 14.3 Å². The lowest BCUT2D eigenvalue weighted by molar-refractivity contribution is -0.177. The number of hydrogen-bond acceptors (Lipinski definition) is 18. The van der Waals surface area contributed by atoms with Crippen molar-refractivity contribution in [3.05, 3.63) is 109 Å². The normalized spacial score (nSPS) is 16.0. The second-order valence-electron chi connectivity index (χ2n) is 22.5. The molecule has 4 N–H and O–H groups in total. The Bertz CT molecular complexity index is 3350. The van der Waals surface area contributed by atoms with Crippen molar-refractivity contribution in [1.82, 2.24) is 44.0 Å². The van der Waals surface area contributed by atoms with Gasteiger partial charge in [0, 0.05) is 99.6 Å². The Hall–Kier alpha value is -6.97. The van der Waals surface area contributed by atoms with Gasteiger partial charge in [0.2, 0.25) is 0 Å². The first-order chi connectivity index (χ1) is 40.6. The number of aromatic nitrogens is 5. The fourth-order valence-corrected chi connectivity index (χ4v) is 11.0. The van der Waals surface area contributed by atoms with E-state index in [2.05, 4.69) is 26.0 Å². The third-order valence-corrected chi connectivity index (χ3v) is 15.7. The molecule has 25 nitrogen and oxygen atoms in total. The number of alkyl carbamates (subject to hydrolysis) is 2. The number of H-pyrrole nitrogens is 1. The Labute approximate surface area is 511 Å². The van der Waals surface area contributed by atoms with E-state index in [9.17, 15) is 37.2 Å². The maximum Gasteiger partial charge on any atom is 0.407 e. The second-order valence-corrected chi connectivity index (χ2v) is 25.3. The fourth-order valence-electron chi connectivity index (χ4n) is 9.69. The number of aromatic amines is 1. The molecule has 7 rings (SSSR count).